The van der Waals surface area contributed by atoms with Crippen LogP contribution >= 0.6 is 0 Å². The fraction of sp³-hybridized carbons (Fsp3) is 0.577. The van der Waals surface area contributed by atoms with Gasteiger partial charge in [-0.2, -0.15) is 0 Å². The Bertz CT molecular complexity index is 959. The fourth-order valence-electron chi connectivity index (χ4n) is 4.13. The van der Waals surface area contributed by atoms with E-state index < -0.39 is 66.4 Å². The second-order valence-electron chi connectivity index (χ2n) is 9.26. The van der Waals surface area contributed by atoms with Crippen LogP contribution in [0.25, 0.3) is 0 Å². The van der Waals surface area contributed by atoms with Crippen LogP contribution in [-0.2, 0) is 24.0 Å². The van der Waals surface area contributed by atoms with Crippen molar-refractivity contribution < 1.29 is 29.1 Å². The van der Waals surface area contributed by atoms with Crippen LogP contribution in [0.4, 0.5) is 0 Å². The Kier molecular flexibility index (Phi) is 12.7. The number of unbranched alkanes of at least 4 members (excludes halogenated alkanes) is 1. The van der Waals surface area contributed by atoms with Gasteiger partial charge in [-0.05, 0) is 44.2 Å². The number of nitrogens with two attached hydrogens (primary N) is 1. The van der Waals surface area contributed by atoms with Gasteiger partial charge in [-0.15, -0.1) is 0 Å². The Morgan fingerprint density at radius 3 is 1.84 bits per heavy atom. The fourth-order valence-corrected chi connectivity index (χ4v) is 4.13. The maximum Gasteiger partial charge on any atom is 0.245 e. The highest BCUT2D eigenvalue weighted by Crippen LogP contribution is 2.17. The summed E-state index contributed by atoms with van der Waals surface area (Å²) >= 11 is 0. The molecule has 5 atom stereocenters. The average molecular weight is 533 g/mol. The highest BCUT2D eigenvalue weighted by Gasteiger charge is 2.32. The number of carbonyl (C=O) groups is 5. The monoisotopic (exact) mass is 532 g/mol. The van der Waals surface area contributed by atoms with Crippen molar-refractivity contribution in [3.8, 4) is 0 Å². The van der Waals surface area contributed by atoms with E-state index >= 15 is 0 Å². The van der Waals surface area contributed by atoms with Gasteiger partial charge in [0.05, 0.1) is 19.1 Å². The molecule has 210 valence electrons. The maximum atomic E-state index is 13.1. The van der Waals surface area contributed by atoms with Crippen molar-refractivity contribution in [3.63, 3.8) is 0 Å². The van der Waals surface area contributed by atoms with Gasteiger partial charge in [-0.1, -0.05) is 44.2 Å². The lowest BCUT2D eigenvalue weighted by molar-refractivity contribution is -0.135. The van der Waals surface area contributed by atoms with Gasteiger partial charge < -0.3 is 37.4 Å². The van der Waals surface area contributed by atoms with E-state index in [-0.39, 0.29) is 25.7 Å². The smallest absolute Gasteiger partial charge is 0.245 e. The summed E-state index contributed by atoms with van der Waals surface area (Å²) in [5, 5.41) is 23.1. The van der Waals surface area contributed by atoms with E-state index in [2.05, 4.69) is 26.6 Å². The zero-order chi connectivity index (χ0) is 28.1. The molecule has 1 saturated heterocycles. The normalized spacial score (nSPS) is 26.0. The molecule has 12 nitrogen and oxygen atoms in total. The Hall–Kier alpha value is -3.51. The molecule has 0 spiro atoms. The first kappa shape index (κ1) is 30.7. The van der Waals surface area contributed by atoms with Gasteiger partial charge >= 0.3 is 0 Å². The second kappa shape index (κ2) is 15.7. The summed E-state index contributed by atoms with van der Waals surface area (Å²) in [5.74, 6) is -2.94. The summed E-state index contributed by atoms with van der Waals surface area (Å²) in [6.07, 6.45) is 1.77. The summed E-state index contributed by atoms with van der Waals surface area (Å²) in [6.45, 7) is 3.15. The summed E-state index contributed by atoms with van der Waals surface area (Å²) in [7, 11) is 0. The largest absolute Gasteiger partial charge is 0.394 e. The predicted octanol–water partition coefficient (Wildman–Crippen LogP) is -0.872. The Morgan fingerprint density at radius 1 is 0.737 bits per heavy atom. The number of benzene rings is 1. The summed E-state index contributed by atoms with van der Waals surface area (Å²) in [6, 6.07) is 3.82. The van der Waals surface area contributed by atoms with Crippen molar-refractivity contribution in [1.29, 1.82) is 0 Å². The van der Waals surface area contributed by atoms with E-state index in [4.69, 9.17) is 5.73 Å². The molecule has 1 fully saturated rings. The van der Waals surface area contributed by atoms with Gasteiger partial charge in [0.2, 0.25) is 29.5 Å². The highest BCUT2D eigenvalue weighted by molar-refractivity contribution is 5.96. The molecule has 12 heteroatoms. The lowest BCUT2D eigenvalue weighted by Crippen LogP contribution is -2.59. The number of nitrogens with one attached hydrogen (secondary N) is 5. The summed E-state index contributed by atoms with van der Waals surface area (Å²) in [5.41, 5.74) is 6.21. The third-order valence-corrected chi connectivity index (χ3v) is 6.40. The molecule has 1 heterocycles. The first-order valence-corrected chi connectivity index (χ1v) is 13.1. The molecule has 0 saturated carbocycles. The van der Waals surface area contributed by atoms with Gasteiger partial charge in [-0.25, -0.2) is 0 Å². The van der Waals surface area contributed by atoms with Crippen LogP contribution < -0.4 is 32.3 Å². The van der Waals surface area contributed by atoms with Crippen LogP contribution in [-0.4, -0.2) is 72.0 Å². The van der Waals surface area contributed by atoms with E-state index in [1.54, 1.807) is 44.2 Å². The van der Waals surface area contributed by atoms with Crippen LogP contribution in [0.2, 0.25) is 0 Å². The van der Waals surface area contributed by atoms with Crippen molar-refractivity contribution in [2.45, 2.75) is 82.6 Å². The molecule has 1 aliphatic heterocycles. The molecule has 0 bridgehead atoms. The summed E-state index contributed by atoms with van der Waals surface area (Å²) < 4.78 is 0. The van der Waals surface area contributed by atoms with Crippen molar-refractivity contribution in [2.24, 2.45) is 5.73 Å². The van der Waals surface area contributed by atoms with Crippen molar-refractivity contribution in [3.05, 3.63) is 35.9 Å². The first-order valence-electron chi connectivity index (χ1n) is 13.1. The molecule has 0 aliphatic carbocycles. The number of carbonyl (C=O) groups excluding carboxylic acids is 5. The van der Waals surface area contributed by atoms with Gasteiger partial charge in [0, 0.05) is 0 Å². The minimum absolute atomic E-state index is 0.191. The first-order chi connectivity index (χ1) is 18.2. The molecule has 8 N–H and O–H groups in total. The molecule has 1 aromatic carbocycles. The van der Waals surface area contributed by atoms with Crippen LogP contribution in [0.5, 0.6) is 0 Å². The molecule has 1 aliphatic rings. The van der Waals surface area contributed by atoms with E-state index in [1.807, 2.05) is 0 Å². The van der Waals surface area contributed by atoms with Crippen molar-refractivity contribution in [1.82, 2.24) is 26.6 Å². The Labute approximate surface area is 222 Å². The number of aliphatic hydroxyl groups excluding tert-OH is 1. The lowest BCUT2D eigenvalue weighted by Gasteiger charge is -2.28. The van der Waals surface area contributed by atoms with Crippen molar-refractivity contribution >= 4 is 29.5 Å². The zero-order valence-electron chi connectivity index (χ0n) is 22.0. The number of hydrogen-bond donors (Lipinski definition) is 7. The zero-order valence-corrected chi connectivity index (χ0v) is 22.0. The highest BCUT2D eigenvalue weighted by atomic mass is 16.3. The van der Waals surface area contributed by atoms with E-state index in [0.29, 0.717) is 24.9 Å². The number of amides is 5. The number of rotatable bonds is 8. The molecular formula is C26H40N6O6. The third kappa shape index (κ3) is 9.10. The van der Waals surface area contributed by atoms with Gasteiger partial charge in [0.25, 0.3) is 0 Å². The van der Waals surface area contributed by atoms with Gasteiger partial charge in [0.1, 0.15) is 24.2 Å². The number of hydrogen-bond acceptors (Lipinski definition) is 7. The topological polar surface area (TPSA) is 192 Å². The van der Waals surface area contributed by atoms with Crippen molar-refractivity contribution in [2.75, 3.05) is 13.2 Å². The predicted molar refractivity (Wildman–Crippen MR) is 140 cm³/mol. The molecule has 0 aromatic heterocycles. The molecule has 5 amide bonds. The molecule has 2 rings (SSSR count). The lowest BCUT2D eigenvalue weighted by atomic mass is 10.0. The minimum atomic E-state index is -1.31. The quantitative estimate of drug-likeness (QED) is 0.212. The molecular weight excluding hydrogens is 492 g/mol. The standard InChI is InChI=1S/C26H40N6O6/c1-3-17-23(35)30-19(12-8-9-13-27)25(37)29-18(4-2)24(36)32-21(15-33)26(38)31-20(14-22(34)28-17)16-10-6-5-7-11-16/h5-7,10-11,17-21,33H,3-4,8-9,12-15,27H2,1-2H3,(H,28,34)(H,29,37)(H,30,35)(H,31,38)(H,32,36)/t17-,18-,19-,20+,21-/m0/s1. The molecule has 0 unspecified atom stereocenters. The van der Waals surface area contributed by atoms with Crippen LogP contribution in [0.15, 0.2) is 30.3 Å². The third-order valence-electron chi connectivity index (χ3n) is 6.40. The SMILES string of the molecule is CC[C@@H]1NC(=O)C[C@H](c2ccccc2)NC(=O)[C@H](CO)NC(=O)[C@H](CC)NC(=O)[C@H](CCCCN)NC1=O. The molecule has 38 heavy (non-hydrogen) atoms. The maximum absolute atomic E-state index is 13.1. The minimum Gasteiger partial charge on any atom is -0.394 e. The average Bonchev–Trinajstić information content (AvgIpc) is 2.91. The summed E-state index contributed by atoms with van der Waals surface area (Å²) in [4.78, 5) is 65.1. The van der Waals surface area contributed by atoms with Gasteiger partial charge in [0.15, 0.2) is 0 Å². The second-order valence-corrected chi connectivity index (χ2v) is 9.26. The Morgan fingerprint density at radius 2 is 1.26 bits per heavy atom. The van der Waals surface area contributed by atoms with Gasteiger partial charge in [-0.3, -0.25) is 24.0 Å². The van der Waals surface area contributed by atoms with Crippen LogP contribution in [0, 0.1) is 0 Å². The van der Waals surface area contributed by atoms with E-state index in [9.17, 15) is 29.1 Å². The number of aliphatic hydroxyl groups is 1. The Balaban J connectivity index is 2.41. The van der Waals surface area contributed by atoms with E-state index in [1.165, 1.54) is 0 Å². The van der Waals surface area contributed by atoms with Crippen LogP contribution in [0.1, 0.15) is 64.0 Å². The van der Waals surface area contributed by atoms with E-state index in [0.717, 1.165) is 0 Å². The molecule has 0 radical (unpaired) electrons. The molecule has 1 aromatic rings. The van der Waals surface area contributed by atoms with Crippen LogP contribution in [0.3, 0.4) is 0 Å².